The first-order chi connectivity index (χ1) is 17.1. The van der Waals surface area contributed by atoms with Gasteiger partial charge < -0.3 is 25.0 Å². The van der Waals surface area contributed by atoms with Crippen molar-refractivity contribution in [3.63, 3.8) is 0 Å². The predicted molar refractivity (Wildman–Crippen MR) is 144 cm³/mol. The highest BCUT2D eigenvalue weighted by molar-refractivity contribution is 5.90. The summed E-state index contributed by atoms with van der Waals surface area (Å²) in [5.74, 6) is 4.11. The molecule has 1 aromatic heterocycles. The summed E-state index contributed by atoms with van der Waals surface area (Å²) in [5, 5.41) is 8.34. The quantitative estimate of drug-likeness (QED) is 0.391. The van der Waals surface area contributed by atoms with Crippen LogP contribution >= 0.6 is 0 Å². The van der Waals surface area contributed by atoms with Crippen molar-refractivity contribution in [3.05, 3.63) is 48.0 Å². The molecule has 0 bridgehead atoms. The van der Waals surface area contributed by atoms with E-state index < -0.39 is 0 Å². The van der Waals surface area contributed by atoms with Gasteiger partial charge in [0, 0.05) is 38.1 Å². The van der Waals surface area contributed by atoms with Gasteiger partial charge in [-0.2, -0.15) is 4.98 Å². The summed E-state index contributed by atoms with van der Waals surface area (Å²) in [6, 6.07) is 14.8. The third-order valence-electron chi connectivity index (χ3n) is 6.51. The number of hydrogen-bond acceptors (Lipinski definition) is 7. The van der Waals surface area contributed by atoms with Gasteiger partial charge in [0.15, 0.2) is 0 Å². The predicted octanol–water partition coefficient (Wildman–Crippen LogP) is 5.25. The van der Waals surface area contributed by atoms with Crippen LogP contribution in [0.3, 0.4) is 0 Å². The van der Waals surface area contributed by atoms with Crippen molar-refractivity contribution < 1.29 is 9.47 Å². The zero-order chi connectivity index (χ0) is 24.6. The molecule has 1 fully saturated rings. The Hall–Kier alpha value is -3.06. The van der Waals surface area contributed by atoms with Gasteiger partial charge in [-0.25, -0.2) is 4.98 Å². The Morgan fingerprint density at radius 2 is 1.60 bits per heavy atom. The Morgan fingerprint density at radius 3 is 2.26 bits per heavy atom. The fourth-order valence-electron chi connectivity index (χ4n) is 4.81. The fourth-order valence-corrected chi connectivity index (χ4v) is 4.81. The first kappa shape index (κ1) is 25.0. The van der Waals surface area contributed by atoms with E-state index in [0.717, 1.165) is 60.1 Å². The van der Waals surface area contributed by atoms with E-state index in [0.29, 0.717) is 25.2 Å². The first-order valence-electron chi connectivity index (χ1n) is 12.9. The van der Waals surface area contributed by atoms with E-state index in [2.05, 4.69) is 39.8 Å². The van der Waals surface area contributed by atoms with Crippen molar-refractivity contribution in [2.75, 3.05) is 44.1 Å². The fraction of sp³-hybridized carbons (Fsp3) is 0.500. The molecule has 1 heterocycles. The molecule has 7 nitrogen and oxygen atoms in total. The third-order valence-corrected chi connectivity index (χ3v) is 6.51. The number of fused-ring (bicyclic) bond motifs is 1. The Labute approximate surface area is 209 Å². The number of benzene rings is 2. The standard InChI is InChI=1S/C28H39N5O2/c1-5-34-23-15-21(16-24(17-23)35-6-2)19-29-18-20-11-13-22(14-12-20)30-28-31-26-10-8-7-9-25(26)27(32-28)33(3)4/h7-10,15-17,20,22,29H,5-6,11-14,18-19H2,1-4H3,(H,30,31,32)/t20-,22+. The lowest BCUT2D eigenvalue weighted by Crippen LogP contribution is -2.31. The molecule has 3 aromatic rings. The van der Waals surface area contributed by atoms with Gasteiger partial charge in [0.1, 0.15) is 17.3 Å². The number of ether oxygens (including phenoxy) is 2. The Balaban J connectivity index is 1.28. The largest absolute Gasteiger partial charge is 0.494 e. The highest BCUT2D eigenvalue weighted by Crippen LogP contribution is 2.28. The van der Waals surface area contributed by atoms with Crippen LogP contribution in [-0.2, 0) is 6.54 Å². The number of anilines is 2. The van der Waals surface area contributed by atoms with Crippen LogP contribution in [0.4, 0.5) is 11.8 Å². The summed E-state index contributed by atoms with van der Waals surface area (Å²) < 4.78 is 11.4. The summed E-state index contributed by atoms with van der Waals surface area (Å²) in [5.41, 5.74) is 2.17. The van der Waals surface area contributed by atoms with Gasteiger partial charge >= 0.3 is 0 Å². The normalized spacial score (nSPS) is 17.8. The maximum absolute atomic E-state index is 5.71. The summed E-state index contributed by atoms with van der Waals surface area (Å²) in [4.78, 5) is 11.6. The molecule has 0 aliphatic heterocycles. The molecule has 1 aliphatic rings. The number of nitrogens with zero attached hydrogens (tertiary/aromatic N) is 3. The zero-order valence-electron chi connectivity index (χ0n) is 21.5. The molecule has 0 spiro atoms. The van der Waals surface area contributed by atoms with E-state index in [-0.39, 0.29) is 0 Å². The lowest BCUT2D eigenvalue weighted by molar-refractivity contribution is 0.319. The molecule has 2 N–H and O–H groups in total. The van der Waals surface area contributed by atoms with E-state index in [4.69, 9.17) is 19.4 Å². The third kappa shape index (κ3) is 6.75. The molecule has 188 valence electrons. The molecular formula is C28H39N5O2. The van der Waals surface area contributed by atoms with Gasteiger partial charge in [-0.15, -0.1) is 0 Å². The van der Waals surface area contributed by atoms with E-state index in [1.54, 1.807) is 0 Å². The molecule has 1 saturated carbocycles. The minimum atomic E-state index is 0.416. The zero-order valence-corrected chi connectivity index (χ0v) is 21.5. The van der Waals surface area contributed by atoms with Gasteiger partial charge in [0.25, 0.3) is 0 Å². The number of aromatic nitrogens is 2. The second-order valence-corrected chi connectivity index (χ2v) is 9.45. The molecular weight excluding hydrogens is 438 g/mol. The summed E-state index contributed by atoms with van der Waals surface area (Å²) in [7, 11) is 4.06. The summed E-state index contributed by atoms with van der Waals surface area (Å²) in [6.07, 6.45) is 4.66. The van der Waals surface area contributed by atoms with Gasteiger partial charge in [0.05, 0.1) is 18.7 Å². The van der Waals surface area contributed by atoms with Crippen molar-refractivity contribution in [2.45, 2.75) is 52.1 Å². The molecule has 0 amide bonds. The van der Waals surface area contributed by atoms with Crippen LogP contribution in [0.15, 0.2) is 42.5 Å². The van der Waals surface area contributed by atoms with E-state index >= 15 is 0 Å². The van der Waals surface area contributed by atoms with Crippen LogP contribution in [0.1, 0.15) is 45.1 Å². The minimum Gasteiger partial charge on any atom is -0.494 e. The maximum Gasteiger partial charge on any atom is 0.225 e. The molecule has 2 aromatic carbocycles. The highest BCUT2D eigenvalue weighted by atomic mass is 16.5. The molecule has 1 aliphatic carbocycles. The molecule has 4 rings (SSSR count). The van der Waals surface area contributed by atoms with Crippen molar-refractivity contribution in [3.8, 4) is 11.5 Å². The highest BCUT2D eigenvalue weighted by Gasteiger charge is 2.22. The lowest BCUT2D eigenvalue weighted by Gasteiger charge is -2.29. The molecule has 0 atom stereocenters. The first-order valence-corrected chi connectivity index (χ1v) is 12.9. The van der Waals surface area contributed by atoms with Gasteiger partial charge in [-0.05, 0) is 81.8 Å². The lowest BCUT2D eigenvalue weighted by atomic mass is 9.86. The van der Waals surface area contributed by atoms with Crippen LogP contribution < -0.4 is 25.0 Å². The number of para-hydroxylation sites is 1. The Bertz CT molecular complexity index is 1070. The number of nitrogens with one attached hydrogen (secondary N) is 2. The smallest absolute Gasteiger partial charge is 0.225 e. The second-order valence-electron chi connectivity index (χ2n) is 9.45. The summed E-state index contributed by atoms with van der Waals surface area (Å²) in [6.45, 7) is 7.15. The summed E-state index contributed by atoms with van der Waals surface area (Å²) >= 11 is 0. The molecule has 7 heteroatoms. The number of hydrogen-bond donors (Lipinski definition) is 2. The number of rotatable bonds is 11. The van der Waals surface area contributed by atoms with E-state index in [1.165, 1.54) is 18.4 Å². The molecule has 0 unspecified atom stereocenters. The molecule has 35 heavy (non-hydrogen) atoms. The average molecular weight is 478 g/mol. The van der Waals surface area contributed by atoms with Gasteiger partial charge in [0.2, 0.25) is 5.95 Å². The molecule has 0 radical (unpaired) electrons. The second kappa shape index (κ2) is 12.1. The van der Waals surface area contributed by atoms with Crippen LogP contribution in [0, 0.1) is 5.92 Å². The van der Waals surface area contributed by atoms with Gasteiger partial charge in [-0.3, -0.25) is 0 Å². The van der Waals surface area contributed by atoms with Crippen molar-refractivity contribution >= 4 is 22.7 Å². The minimum absolute atomic E-state index is 0.416. The topological polar surface area (TPSA) is 71.5 Å². The molecule has 0 saturated heterocycles. The SMILES string of the molecule is CCOc1cc(CNC[C@H]2CC[C@@H](Nc3nc(N(C)C)c4ccccc4n3)CC2)cc(OCC)c1. The Kier molecular flexibility index (Phi) is 8.64. The van der Waals surface area contributed by atoms with Crippen molar-refractivity contribution in [1.29, 1.82) is 0 Å². The maximum atomic E-state index is 5.71. The average Bonchev–Trinajstić information content (AvgIpc) is 2.85. The van der Waals surface area contributed by atoms with E-state index in [1.807, 2.05) is 46.1 Å². The van der Waals surface area contributed by atoms with Crippen molar-refractivity contribution in [2.24, 2.45) is 5.92 Å². The van der Waals surface area contributed by atoms with E-state index in [9.17, 15) is 0 Å². The van der Waals surface area contributed by atoms with Gasteiger partial charge in [-0.1, -0.05) is 12.1 Å². The van der Waals surface area contributed by atoms with Crippen LogP contribution in [0.2, 0.25) is 0 Å². The Morgan fingerprint density at radius 1 is 0.914 bits per heavy atom. The monoisotopic (exact) mass is 477 g/mol. The van der Waals surface area contributed by atoms with Crippen molar-refractivity contribution in [1.82, 2.24) is 15.3 Å². The van der Waals surface area contributed by atoms with Crippen LogP contribution in [0.5, 0.6) is 11.5 Å². The van der Waals surface area contributed by atoms with Crippen LogP contribution in [0.25, 0.3) is 10.9 Å². The van der Waals surface area contributed by atoms with Crippen LogP contribution in [-0.4, -0.2) is 49.9 Å².